The highest BCUT2D eigenvalue weighted by atomic mass is 35.5. The maximum Gasteiger partial charge on any atom is 0.363 e. The summed E-state index contributed by atoms with van der Waals surface area (Å²) in [5.74, 6) is 0.416. The summed E-state index contributed by atoms with van der Waals surface area (Å²) < 4.78 is 5.32. The molecule has 1 aliphatic heterocycles. The van der Waals surface area contributed by atoms with Crippen LogP contribution in [0.3, 0.4) is 0 Å². The minimum atomic E-state index is -0.411. The van der Waals surface area contributed by atoms with Gasteiger partial charge in [-0.3, -0.25) is 0 Å². The lowest BCUT2D eigenvalue weighted by Crippen LogP contribution is -2.19. The first kappa shape index (κ1) is 14.6. The van der Waals surface area contributed by atoms with Crippen LogP contribution < -0.4 is 0 Å². The van der Waals surface area contributed by atoms with Crippen molar-refractivity contribution in [2.24, 2.45) is 10.9 Å². The number of halogens is 2. The smallest absolute Gasteiger partial charge is 0.363 e. The van der Waals surface area contributed by atoms with Crippen LogP contribution in [-0.2, 0) is 9.53 Å². The first-order valence-corrected chi connectivity index (χ1v) is 7.87. The molecule has 1 saturated carbocycles. The zero-order valence-corrected chi connectivity index (χ0v) is 13.0. The summed E-state index contributed by atoms with van der Waals surface area (Å²) in [6.45, 7) is 0. The lowest BCUT2D eigenvalue weighted by atomic mass is 9.89. The van der Waals surface area contributed by atoms with Gasteiger partial charge < -0.3 is 4.74 Å². The second-order valence-electron chi connectivity index (χ2n) is 5.35. The Morgan fingerprint density at radius 1 is 1.19 bits per heavy atom. The van der Waals surface area contributed by atoms with Crippen molar-refractivity contribution in [3.05, 3.63) is 39.5 Å². The Morgan fingerprint density at radius 2 is 1.95 bits per heavy atom. The van der Waals surface area contributed by atoms with Gasteiger partial charge in [-0.25, -0.2) is 9.79 Å². The molecule has 21 heavy (non-hydrogen) atoms. The molecule has 1 aliphatic carbocycles. The van der Waals surface area contributed by atoms with E-state index in [1.54, 1.807) is 24.3 Å². The van der Waals surface area contributed by atoms with E-state index in [1.807, 2.05) is 0 Å². The lowest BCUT2D eigenvalue weighted by molar-refractivity contribution is -0.130. The second kappa shape index (κ2) is 6.20. The minimum absolute atomic E-state index is 0.267. The number of nitrogens with zero attached hydrogens (tertiary/aromatic N) is 1. The van der Waals surface area contributed by atoms with Crippen molar-refractivity contribution >= 4 is 41.1 Å². The van der Waals surface area contributed by atoms with Crippen LogP contribution in [0.15, 0.2) is 28.9 Å². The molecule has 5 heteroatoms. The largest absolute Gasteiger partial charge is 0.406 e. The van der Waals surface area contributed by atoms with E-state index in [0.29, 0.717) is 27.2 Å². The summed E-state index contributed by atoms with van der Waals surface area (Å²) in [6, 6.07) is 5.28. The number of carbonyl (C=O) groups is 1. The van der Waals surface area contributed by atoms with Gasteiger partial charge in [0.05, 0.1) is 10.0 Å². The first-order valence-electron chi connectivity index (χ1n) is 7.11. The van der Waals surface area contributed by atoms with E-state index in [9.17, 15) is 4.79 Å². The number of rotatable bonds is 2. The molecule has 0 amide bonds. The zero-order chi connectivity index (χ0) is 14.8. The zero-order valence-electron chi connectivity index (χ0n) is 11.4. The highest BCUT2D eigenvalue weighted by Gasteiger charge is 2.30. The van der Waals surface area contributed by atoms with Gasteiger partial charge in [-0.1, -0.05) is 54.6 Å². The molecule has 0 bridgehead atoms. The van der Waals surface area contributed by atoms with Crippen LogP contribution in [-0.4, -0.2) is 11.9 Å². The van der Waals surface area contributed by atoms with Crippen molar-refractivity contribution in [1.29, 1.82) is 0 Å². The van der Waals surface area contributed by atoms with Crippen LogP contribution in [0.1, 0.15) is 37.7 Å². The molecule has 0 N–H and O–H groups in total. The average molecular weight is 324 g/mol. The highest BCUT2D eigenvalue weighted by Crippen LogP contribution is 2.31. The third-order valence-corrected chi connectivity index (χ3v) is 4.70. The Labute approximate surface area is 133 Å². The Kier molecular flexibility index (Phi) is 4.32. The summed E-state index contributed by atoms with van der Waals surface area (Å²) in [5.41, 5.74) is 0.963. The SMILES string of the molecule is O=C1OC(C2CCCCC2)=NC1=Cc1cccc(Cl)c1Cl. The Bertz CT molecular complexity index is 631. The monoisotopic (exact) mass is 323 g/mol. The van der Waals surface area contributed by atoms with Gasteiger partial charge in [-0.15, -0.1) is 0 Å². The molecule has 0 atom stereocenters. The number of esters is 1. The molecule has 1 aromatic carbocycles. The molecule has 2 aliphatic rings. The molecular formula is C16H15Cl2NO2. The molecule has 0 radical (unpaired) electrons. The van der Waals surface area contributed by atoms with Gasteiger partial charge >= 0.3 is 5.97 Å². The third kappa shape index (κ3) is 3.14. The van der Waals surface area contributed by atoms with Crippen molar-refractivity contribution in [2.45, 2.75) is 32.1 Å². The fraction of sp³-hybridized carbons (Fsp3) is 0.375. The number of hydrogen-bond donors (Lipinski definition) is 0. The predicted octanol–water partition coefficient (Wildman–Crippen LogP) is 4.87. The molecular weight excluding hydrogens is 309 g/mol. The van der Waals surface area contributed by atoms with Gasteiger partial charge in [0.15, 0.2) is 5.70 Å². The van der Waals surface area contributed by atoms with Crippen molar-refractivity contribution in [2.75, 3.05) is 0 Å². The fourth-order valence-electron chi connectivity index (χ4n) is 2.73. The Morgan fingerprint density at radius 3 is 2.71 bits per heavy atom. The van der Waals surface area contributed by atoms with E-state index < -0.39 is 5.97 Å². The van der Waals surface area contributed by atoms with Crippen LogP contribution >= 0.6 is 23.2 Å². The maximum atomic E-state index is 11.9. The van der Waals surface area contributed by atoms with E-state index >= 15 is 0 Å². The van der Waals surface area contributed by atoms with Crippen LogP contribution in [0, 0.1) is 5.92 Å². The summed E-state index contributed by atoms with van der Waals surface area (Å²) in [7, 11) is 0. The standard InChI is InChI=1S/C16H15Cl2NO2/c17-12-8-4-7-11(14(12)18)9-13-16(20)21-15(19-13)10-5-2-1-3-6-10/h4,7-10H,1-3,5-6H2. The lowest BCUT2D eigenvalue weighted by Gasteiger charge is -2.19. The number of carbonyl (C=O) groups excluding carboxylic acids is 1. The van der Waals surface area contributed by atoms with E-state index in [1.165, 1.54) is 19.3 Å². The predicted molar refractivity (Wildman–Crippen MR) is 84.5 cm³/mol. The van der Waals surface area contributed by atoms with Gasteiger partial charge in [-0.2, -0.15) is 0 Å². The van der Waals surface area contributed by atoms with Crippen LogP contribution in [0.5, 0.6) is 0 Å². The van der Waals surface area contributed by atoms with E-state index in [-0.39, 0.29) is 5.92 Å². The Balaban J connectivity index is 1.87. The third-order valence-electron chi connectivity index (χ3n) is 3.87. The average Bonchev–Trinajstić information content (AvgIpc) is 2.86. The quantitative estimate of drug-likeness (QED) is 0.575. The van der Waals surface area contributed by atoms with Crippen molar-refractivity contribution in [1.82, 2.24) is 0 Å². The van der Waals surface area contributed by atoms with Crippen molar-refractivity contribution in [3.63, 3.8) is 0 Å². The molecule has 0 aromatic heterocycles. The highest BCUT2D eigenvalue weighted by molar-refractivity contribution is 6.43. The van der Waals surface area contributed by atoms with Gasteiger partial charge in [0.1, 0.15) is 0 Å². The molecule has 0 unspecified atom stereocenters. The molecule has 3 nitrogen and oxygen atoms in total. The molecule has 0 saturated heterocycles. The van der Waals surface area contributed by atoms with Gasteiger partial charge in [0, 0.05) is 5.92 Å². The van der Waals surface area contributed by atoms with Crippen LogP contribution in [0.2, 0.25) is 10.0 Å². The topological polar surface area (TPSA) is 38.7 Å². The first-order chi connectivity index (χ1) is 10.1. The number of cyclic esters (lactones) is 1. The summed E-state index contributed by atoms with van der Waals surface area (Å²) in [5, 5.41) is 0.870. The molecule has 1 aromatic rings. The van der Waals surface area contributed by atoms with Gasteiger partial charge in [-0.05, 0) is 30.5 Å². The minimum Gasteiger partial charge on any atom is -0.406 e. The Hall–Kier alpha value is -1.32. The van der Waals surface area contributed by atoms with E-state index in [0.717, 1.165) is 12.8 Å². The second-order valence-corrected chi connectivity index (χ2v) is 6.13. The number of hydrogen-bond acceptors (Lipinski definition) is 3. The molecule has 3 rings (SSSR count). The summed E-state index contributed by atoms with van der Waals surface area (Å²) in [4.78, 5) is 16.3. The van der Waals surface area contributed by atoms with E-state index in [2.05, 4.69) is 4.99 Å². The summed E-state index contributed by atoms with van der Waals surface area (Å²) in [6.07, 6.45) is 7.29. The fourth-order valence-corrected chi connectivity index (χ4v) is 3.09. The summed E-state index contributed by atoms with van der Waals surface area (Å²) >= 11 is 12.1. The molecule has 0 spiro atoms. The number of benzene rings is 1. The van der Waals surface area contributed by atoms with Crippen molar-refractivity contribution in [3.8, 4) is 0 Å². The van der Waals surface area contributed by atoms with Crippen LogP contribution in [0.4, 0.5) is 0 Å². The van der Waals surface area contributed by atoms with E-state index in [4.69, 9.17) is 27.9 Å². The van der Waals surface area contributed by atoms with Gasteiger partial charge in [0.2, 0.25) is 5.90 Å². The number of aliphatic imine (C=N–C) groups is 1. The molecule has 110 valence electrons. The van der Waals surface area contributed by atoms with Crippen molar-refractivity contribution < 1.29 is 9.53 Å². The number of ether oxygens (including phenoxy) is 1. The van der Waals surface area contributed by atoms with Gasteiger partial charge in [0.25, 0.3) is 0 Å². The maximum absolute atomic E-state index is 11.9. The normalized spacial score (nSPS) is 21.5. The van der Waals surface area contributed by atoms with Crippen LogP contribution in [0.25, 0.3) is 6.08 Å². The molecule has 1 fully saturated rings. The molecule has 1 heterocycles.